The number of aromatic nitrogens is 3. The van der Waals surface area contributed by atoms with Crippen molar-refractivity contribution in [3.8, 4) is 0 Å². The van der Waals surface area contributed by atoms with Crippen LogP contribution in [0, 0.1) is 13.8 Å². The number of H-pyrrole nitrogens is 1. The highest BCUT2D eigenvalue weighted by molar-refractivity contribution is 5.74. The maximum Gasteiger partial charge on any atom is 0.432 e. The van der Waals surface area contributed by atoms with E-state index >= 15 is 0 Å². The van der Waals surface area contributed by atoms with Gasteiger partial charge in [-0.1, -0.05) is 0 Å². The molecule has 0 bridgehead atoms. The summed E-state index contributed by atoms with van der Waals surface area (Å²) >= 11 is 0. The van der Waals surface area contributed by atoms with Crippen molar-refractivity contribution in [1.29, 1.82) is 0 Å². The standard InChI is InChI=1S/C18H22F3N5O/c1-11-6-13(7-12(2)24-11)8-23-17(27)26-5-3-4-14(10-26)16-22-9-15(25-16)18(19,20)21/h6-7,9,14H,3-5,8,10H2,1-2H3,(H,22,25)(H,23,27). The van der Waals surface area contributed by atoms with Crippen LogP contribution in [0.4, 0.5) is 18.0 Å². The van der Waals surface area contributed by atoms with Crippen molar-refractivity contribution in [2.45, 2.75) is 45.3 Å². The SMILES string of the molecule is Cc1cc(CNC(=O)N2CCCC(c3ncc(C(F)(F)F)[nH]3)C2)cc(C)n1. The van der Waals surface area contributed by atoms with Gasteiger partial charge in [0.25, 0.3) is 0 Å². The first-order valence-corrected chi connectivity index (χ1v) is 8.81. The smallest absolute Gasteiger partial charge is 0.338 e. The van der Waals surface area contributed by atoms with Crippen molar-refractivity contribution in [2.75, 3.05) is 13.1 Å². The van der Waals surface area contributed by atoms with Gasteiger partial charge < -0.3 is 15.2 Å². The number of rotatable bonds is 3. The Kier molecular flexibility index (Phi) is 5.38. The summed E-state index contributed by atoms with van der Waals surface area (Å²) in [7, 11) is 0. The minimum absolute atomic E-state index is 0.227. The van der Waals surface area contributed by atoms with Crippen LogP contribution in [0.15, 0.2) is 18.3 Å². The fourth-order valence-corrected chi connectivity index (χ4v) is 3.39. The lowest BCUT2D eigenvalue weighted by molar-refractivity contribution is -0.141. The van der Waals surface area contributed by atoms with Crippen LogP contribution in [0.25, 0.3) is 0 Å². The molecule has 1 saturated heterocycles. The predicted molar refractivity (Wildman–Crippen MR) is 93.1 cm³/mol. The molecular formula is C18H22F3N5O. The molecule has 0 aliphatic carbocycles. The third-order valence-corrected chi connectivity index (χ3v) is 4.58. The molecule has 2 aromatic rings. The molecule has 1 unspecified atom stereocenters. The molecule has 3 heterocycles. The molecule has 1 atom stereocenters. The number of piperidine rings is 1. The van der Waals surface area contributed by atoms with E-state index in [2.05, 4.69) is 20.3 Å². The molecule has 2 aromatic heterocycles. The molecule has 3 rings (SSSR count). The first kappa shape index (κ1) is 19.2. The highest BCUT2D eigenvalue weighted by Gasteiger charge is 2.34. The van der Waals surface area contributed by atoms with Gasteiger partial charge in [0.2, 0.25) is 0 Å². The van der Waals surface area contributed by atoms with Crippen molar-refractivity contribution in [1.82, 2.24) is 25.2 Å². The molecule has 2 amide bonds. The Morgan fingerprint density at radius 1 is 1.33 bits per heavy atom. The number of imidazole rings is 1. The Morgan fingerprint density at radius 2 is 2.04 bits per heavy atom. The first-order chi connectivity index (χ1) is 12.7. The van der Waals surface area contributed by atoms with Crippen LogP contribution in [0.1, 0.15) is 47.2 Å². The van der Waals surface area contributed by atoms with Crippen LogP contribution in [0.2, 0.25) is 0 Å². The van der Waals surface area contributed by atoms with Crippen LogP contribution in [-0.4, -0.2) is 39.0 Å². The maximum atomic E-state index is 12.7. The van der Waals surface area contributed by atoms with Crippen LogP contribution >= 0.6 is 0 Å². The van der Waals surface area contributed by atoms with Gasteiger partial charge in [-0.3, -0.25) is 4.98 Å². The summed E-state index contributed by atoms with van der Waals surface area (Å²) in [5, 5.41) is 2.87. The predicted octanol–water partition coefficient (Wildman–Crippen LogP) is 3.53. The zero-order valence-corrected chi connectivity index (χ0v) is 15.2. The molecule has 9 heteroatoms. The Labute approximate surface area is 155 Å². The van der Waals surface area contributed by atoms with E-state index in [-0.39, 0.29) is 17.8 Å². The van der Waals surface area contributed by atoms with E-state index in [1.165, 1.54) is 0 Å². The lowest BCUT2D eigenvalue weighted by Gasteiger charge is -2.32. The van der Waals surface area contributed by atoms with Crippen LogP contribution < -0.4 is 5.32 Å². The minimum Gasteiger partial charge on any atom is -0.338 e. The number of hydrogen-bond donors (Lipinski definition) is 2. The second-order valence-electron chi connectivity index (χ2n) is 6.88. The van der Waals surface area contributed by atoms with E-state index in [4.69, 9.17) is 0 Å². The summed E-state index contributed by atoms with van der Waals surface area (Å²) in [5.74, 6) is 0.0474. The number of carbonyl (C=O) groups excluding carboxylic acids is 1. The van der Waals surface area contributed by atoms with Gasteiger partial charge in [-0.15, -0.1) is 0 Å². The summed E-state index contributed by atoms with van der Waals surface area (Å²) in [4.78, 5) is 24.6. The number of pyridine rings is 1. The first-order valence-electron chi connectivity index (χ1n) is 8.81. The number of halogens is 3. The molecule has 1 aliphatic rings. The van der Waals surface area contributed by atoms with Crippen molar-refractivity contribution in [3.63, 3.8) is 0 Å². The normalized spacial score (nSPS) is 17.8. The van der Waals surface area contributed by atoms with Gasteiger partial charge in [-0.25, -0.2) is 9.78 Å². The molecule has 27 heavy (non-hydrogen) atoms. The Balaban J connectivity index is 1.60. The molecule has 0 radical (unpaired) electrons. The number of likely N-dealkylation sites (tertiary alicyclic amines) is 1. The molecule has 0 spiro atoms. The lowest BCUT2D eigenvalue weighted by Crippen LogP contribution is -2.44. The number of carbonyl (C=O) groups is 1. The summed E-state index contributed by atoms with van der Waals surface area (Å²) in [5.41, 5.74) is 1.87. The Morgan fingerprint density at radius 3 is 2.67 bits per heavy atom. The quantitative estimate of drug-likeness (QED) is 0.854. The summed E-state index contributed by atoms with van der Waals surface area (Å²) in [6, 6.07) is 3.59. The molecule has 2 N–H and O–H groups in total. The third-order valence-electron chi connectivity index (χ3n) is 4.58. The second-order valence-corrected chi connectivity index (χ2v) is 6.88. The molecule has 146 valence electrons. The Bertz CT molecular complexity index is 797. The number of hydrogen-bond acceptors (Lipinski definition) is 3. The van der Waals surface area contributed by atoms with Crippen LogP contribution in [-0.2, 0) is 12.7 Å². The van der Waals surface area contributed by atoms with Crippen LogP contribution in [0.3, 0.4) is 0 Å². The number of amides is 2. The zero-order chi connectivity index (χ0) is 19.6. The number of aryl methyl sites for hydroxylation is 2. The average molecular weight is 381 g/mol. The van der Waals surface area contributed by atoms with E-state index in [0.717, 1.165) is 23.1 Å². The zero-order valence-electron chi connectivity index (χ0n) is 15.2. The van der Waals surface area contributed by atoms with Gasteiger partial charge in [-0.05, 0) is 44.4 Å². The number of nitrogens with one attached hydrogen (secondary N) is 2. The monoisotopic (exact) mass is 381 g/mol. The van der Waals surface area contributed by atoms with Gasteiger partial charge in [-0.2, -0.15) is 13.2 Å². The number of nitrogens with zero attached hydrogens (tertiary/aromatic N) is 3. The highest BCUT2D eigenvalue weighted by atomic mass is 19.4. The van der Waals surface area contributed by atoms with Gasteiger partial charge in [0.1, 0.15) is 11.5 Å². The maximum absolute atomic E-state index is 12.7. The fraction of sp³-hybridized carbons (Fsp3) is 0.500. The number of alkyl halides is 3. The number of aromatic amines is 1. The van der Waals surface area contributed by atoms with Gasteiger partial charge in [0, 0.05) is 36.9 Å². The average Bonchev–Trinajstić information content (AvgIpc) is 3.09. The molecule has 0 saturated carbocycles. The topological polar surface area (TPSA) is 73.9 Å². The van der Waals surface area contributed by atoms with E-state index in [1.54, 1.807) is 4.90 Å². The van der Waals surface area contributed by atoms with Crippen molar-refractivity contribution in [2.24, 2.45) is 0 Å². The number of urea groups is 1. The fourth-order valence-electron chi connectivity index (χ4n) is 3.39. The molecule has 6 nitrogen and oxygen atoms in total. The highest BCUT2D eigenvalue weighted by Crippen LogP contribution is 2.31. The van der Waals surface area contributed by atoms with Gasteiger partial charge in [0.05, 0.1) is 6.20 Å². The van der Waals surface area contributed by atoms with Gasteiger partial charge >= 0.3 is 12.2 Å². The van der Waals surface area contributed by atoms with Gasteiger partial charge in [0.15, 0.2) is 0 Å². The second kappa shape index (κ2) is 7.58. The van der Waals surface area contributed by atoms with Crippen LogP contribution in [0.5, 0.6) is 0 Å². The molecule has 1 aliphatic heterocycles. The summed E-state index contributed by atoms with van der Waals surface area (Å²) in [6.07, 6.45) is -2.23. The van der Waals surface area contributed by atoms with E-state index in [1.807, 2.05) is 26.0 Å². The van der Waals surface area contributed by atoms with E-state index < -0.39 is 11.9 Å². The third kappa shape index (κ3) is 4.78. The minimum atomic E-state index is -4.45. The molecular weight excluding hydrogens is 359 g/mol. The van der Waals surface area contributed by atoms with Crippen molar-refractivity contribution >= 4 is 6.03 Å². The lowest BCUT2D eigenvalue weighted by atomic mass is 9.97. The summed E-state index contributed by atoms with van der Waals surface area (Å²) in [6.45, 7) is 5.08. The summed E-state index contributed by atoms with van der Waals surface area (Å²) < 4.78 is 38.2. The largest absolute Gasteiger partial charge is 0.432 e. The van der Waals surface area contributed by atoms with Crippen molar-refractivity contribution in [3.05, 3.63) is 46.8 Å². The molecule has 1 fully saturated rings. The molecule has 0 aromatic carbocycles. The van der Waals surface area contributed by atoms with Crippen molar-refractivity contribution < 1.29 is 18.0 Å². The van der Waals surface area contributed by atoms with E-state index in [9.17, 15) is 18.0 Å². The van der Waals surface area contributed by atoms with E-state index in [0.29, 0.717) is 32.5 Å². The Hall–Kier alpha value is -2.58.